The molecule has 2 heterocycles. The van der Waals surface area contributed by atoms with E-state index in [4.69, 9.17) is 11.6 Å². The zero-order valence-corrected chi connectivity index (χ0v) is 12.7. The summed E-state index contributed by atoms with van der Waals surface area (Å²) in [6.45, 7) is 1.96. The second kappa shape index (κ2) is 5.23. The van der Waals surface area contributed by atoms with Gasteiger partial charge in [0.2, 0.25) is 0 Å². The van der Waals surface area contributed by atoms with Gasteiger partial charge in [-0.25, -0.2) is 0 Å². The first kappa shape index (κ1) is 13.1. The molecule has 0 spiro atoms. The van der Waals surface area contributed by atoms with Gasteiger partial charge in [-0.15, -0.1) is 0 Å². The minimum atomic E-state index is 0.130. The molecule has 0 atom stereocenters. The fraction of sp³-hybridized carbons (Fsp3) is 0.267. The zero-order valence-electron chi connectivity index (χ0n) is 10.4. The van der Waals surface area contributed by atoms with Crippen LogP contribution in [0.2, 0.25) is 5.02 Å². The van der Waals surface area contributed by atoms with E-state index in [9.17, 15) is 0 Å². The largest absolute Gasteiger partial charge is 0.315 e. The lowest BCUT2D eigenvalue weighted by Gasteiger charge is -2.44. The maximum Gasteiger partial charge on any atom is 0.0621 e. The average Bonchev–Trinajstić information content (AvgIpc) is 2.37. The van der Waals surface area contributed by atoms with Crippen molar-refractivity contribution >= 4 is 27.5 Å². The van der Waals surface area contributed by atoms with Gasteiger partial charge in [-0.05, 0) is 29.7 Å². The summed E-state index contributed by atoms with van der Waals surface area (Å²) in [7, 11) is 0. The van der Waals surface area contributed by atoms with Crippen LogP contribution in [0.1, 0.15) is 11.1 Å². The summed E-state index contributed by atoms with van der Waals surface area (Å²) >= 11 is 9.91. The van der Waals surface area contributed by atoms with Crippen LogP contribution in [0.3, 0.4) is 0 Å². The molecule has 0 aliphatic carbocycles. The standard InChI is InChI=1S/C15H14BrClN2/c16-13-4-2-1-3-12(13)15(9-19-10-15)7-11-5-6-18-8-14(11)17/h1-6,8,19H,7,9-10H2. The molecule has 3 rings (SSSR count). The van der Waals surface area contributed by atoms with E-state index in [1.54, 1.807) is 12.4 Å². The van der Waals surface area contributed by atoms with Gasteiger partial charge in [0.1, 0.15) is 0 Å². The number of rotatable bonds is 3. The minimum Gasteiger partial charge on any atom is -0.315 e. The molecule has 1 aromatic carbocycles. The molecule has 2 nitrogen and oxygen atoms in total. The SMILES string of the molecule is Clc1cnccc1CC1(c2ccccc2Br)CNC1. The molecule has 0 radical (unpaired) electrons. The molecule has 1 aromatic heterocycles. The molecule has 0 amide bonds. The Morgan fingerprint density at radius 2 is 2.05 bits per heavy atom. The fourth-order valence-corrected chi connectivity index (χ4v) is 3.53. The van der Waals surface area contributed by atoms with Crippen LogP contribution in [0.25, 0.3) is 0 Å². The summed E-state index contributed by atoms with van der Waals surface area (Å²) in [4.78, 5) is 4.05. The Hall–Kier alpha value is -0.900. The topological polar surface area (TPSA) is 24.9 Å². The molecule has 98 valence electrons. The lowest BCUT2D eigenvalue weighted by Crippen LogP contribution is -2.58. The second-order valence-corrected chi connectivity index (χ2v) is 6.27. The molecule has 0 saturated carbocycles. The molecule has 1 fully saturated rings. The molecule has 19 heavy (non-hydrogen) atoms. The summed E-state index contributed by atoms with van der Waals surface area (Å²) in [5.41, 5.74) is 2.64. The Morgan fingerprint density at radius 1 is 1.26 bits per heavy atom. The quantitative estimate of drug-likeness (QED) is 0.926. The molecular weight excluding hydrogens is 324 g/mol. The third-order valence-electron chi connectivity index (χ3n) is 3.76. The number of nitrogens with zero attached hydrogens (tertiary/aromatic N) is 1. The summed E-state index contributed by atoms with van der Waals surface area (Å²) in [6.07, 6.45) is 4.46. The molecule has 1 aliphatic heterocycles. The van der Waals surface area contributed by atoms with Crippen molar-refractivity contribution < 1.29 is 0 Å². The number of halogens is 2. The van der Waals surface area contributed by atoms with E-state index in [0.717, 1.165) is 30.1 Å². The van der Waals surface area contributed by atoms with Crippen LogP contribution < -0.4 is 5.32 Å². The van der Waals surface area contributed by atoms with Gasteiger partial charge in [-0.3, -0.25) is 4.98 Å². The molecular formula is C15H14BrClN2. The van der Waals surface area contributed by atoms with Crippen molar-refractivity contribution in [1.82, 2.24) is 10.3 Å². The highest BCUT2D eigenvalue weighted by molar-refractivity contribution is 9.10. The smallest absolute Gasteiger partial charge is 0.0621 e. The van der Waals surface area contributed by atoms with E-state index in [1.165, 1.54) is 10.0 Å². The molecule has 1 saturated heterocycles. The van der Waals surface area contributed by atoms with Crippen LogP contribution in [-0.4, -0.2) is 18.1 Å². The summed E-state index contributed by atoms with van der Waals surface area (Å²) < 4.78 is 1.17. The van der Waals surface area contributed by atoms with Crippen molar-refractivity contribution in [2.45, 2.75) is 11.8 Å². The average molecular weight is 338 g/mol. The first-order valence-corrected chi connectivity index (χ1v) is 7.42. The lowest BCUT2D eigenvalue weighted by atomic mass is 9.71. The van der Waals surface area contributed by atoms with Crippen molar-refractivity contribution in [3.05, 3.63) is 63.3 Å². The molecule has 0 bridgehead atoms. The molecule has 1 N–H and O–H groups in total. The lowest BCUT2D eigenvalue weighted by molar-refractivity contribution is 0.273. The predicted molar refractivity (Wildman–Crippen MR) is 81.6 cm³/mol. The van der Waals surface area contributed by atoms with E-state index in [-0.39, 0.29) is 5.41 Å². The summed E-state index contributed by atoms with van der Waals surface area (Å²) in [5.74, 6) is 0. The highest BCUT2D eigenvalue weighted by Gasteiger charge is 2.40. The Morgan fingerprint density at radius 3 is 2.68 bits per heavy atom. The van der Waals surface area contributed by atoms with E-state index >= 15 is 0 Å². The van der Waals surface area contributed by atoms with Crippen LogP contribution in [0, 0.1) is 0 Å². The van der Waals surface area contributed by atoms with Gasteiger partial charge in [0, 0.05) is 35.4 Å². The van der Waals surface area contributed by atoms with Crippen LogP contribution in [0.5, 0.6) is 0 Å². The summed E-state index contributed by atoms with van der Waals surface area (Å²) in [6, 6.07) is 10.4. The number of hydrogen-bond acceptors (Lipinski definition) is 2. The van der Waals surface area contributed by atoms with Crippen molar-refractivity contribution in [1.29, 1.82) is 0 Å². The third-order valence-corrected chi connectivity index (χ3v) is 4.79. The minimum absolute atomic E-state index is 0.130. The maximum atomic E-state index is 6.24. The second-order valence-electron chi connectivity index (χ2n) is 5.01. The van der Waals surface area contributed by atoms with Gasteiger partial charge in [-0.2, -0.15) is 0 Å². The number of pyridine rings is 1. The third kappa shape index (κ3) is 2.42. The van der Waals surface area contributed by atoms with Crippen molar-refractivity contribution in [3.63, 3.8) is 0 Å². The van der Waals surface area contributed by atoms with Gasteiger partial charge < -0.3 is 5.32 Å². The van der Waals surface area contributed by atoms with Crippen molar-refractivity contribution in [2.24, 2.45) is 0 Å². The predicted octanol–water partition coefficient (Wildman–Crippen LogP) is 3.58. The van der Waals surface area contributed by atoms with E-state index in [1.807, 2.05) is 12.1 Å². The highest BCUT2D eigenvalue weighted by Crippen LogP contribution is 2.37. The number of nitrogens with one attached hydrogen (secondary N) is 1. The van der Waals surface area contributed by atoms with Gasteiger partial charge in [0.15, 0.2) is 0 Å². The normalized spacial score (nSPS) is 16.9. The van der Waals surface area contributed by atoms with E-state index in [2.05, 4.69) is 44.4 Å². The number of benzene rings is 1. The highest BCUT2D eigenvalue weighted by atomic mass is 79.9. The van der Waals surface area contributed by atoms with Gasteiger partial charge in [0.25, 0.3) is 0 Å². The van der Waals surface area contributed by atoms with Gasteiger partial charge >= 0.3 is 0 Å². The first-order chi connectivity index (χ1) is 9.21. The first-order valence-electron chi connectivity index (χ1n) is 6.25. The molecule has 1 aliphatic rings. The molecule has 4 heteroatoms. The van der Waals surface area contributed by atoms with Crippen molar-refractivity contribution in [2.75, 3.05) is 13.1 Å². The van der Waals surface area contributed by atoms with Crippen LogP contribution in [0.4, 0.5) is 0 Å². The van der Waals surface area contributed by atoms with Crippen LogP contribution in [-0.2, 0) is 11.8 Å². The van der Waals surface area contributed by atoms with Crippen molar-refractivity contribution in [3.8, 4) is 0 Å². The fourth-order valence-electron chi connectivity index (χ4n) is 2.64. The molecule has 2 aromatic rings. The zero-order chi connectivity index (χ0) is 13.3. The van der Waals surface area contributed by atoms with Gasteiger partial charge in [0.05, 0.1) is 5.02 Å². The number of hydrogen-bond donors (Lipinski definition) is 1. The monoisotopic (exact) mass is 336 g/mol. The Kier molecular flexibility index (Phi) is 3.61. The van der Waals surface area contributed by atoms with Gasteiger partial charge in [-0.1, -0.05) is 45.7 Å². The summed E-state index contributed by atoms with van der Waals surface area (Å²) in [5, 5.41) is 4.14. The Balaban J connectivity index is 1.97. The Labute approximate surface area is 126 Å². The van der Waals surface area contributed by atoms with E-state index < -0.39 is 0 Å². The van der Waals surface area contributed by atoms with Crippen LogP contribution in [0.15, 0.2) is 47.2 Å². The molecule has 0 unspecified atom stereocenters. The number of aromatic nitrogens is 1. The van der Waals surface area contributed by atoms with E-state index in [0.29, 0.717) is 0 Å². The van der Waals surface area contributed by atoms with Crippen LogP contribution >= 0.6 is 27.5 Å². The maximum absolute atomic E-state index is 6.24. The Bertz CT molecular complexity index is 596.